The Balaban J connectivity index is 1.63. The molecule has 0 radical (unpaired) electrons. The molecule has 1 unspecified atom stereocenters. The maximum Gasteiger partial charge on any atom is 0.453 e. The van der Waals surface area contributed by atoms with E-state index in [4.69, 9.17) is 19.0 Å². The molecule has 4 rings (SSSR count). The first-order valence-corrected chi connectivity index (χ1v) is 13.2. The standard InChI is InChI=1S/C29H25N2O5P/c30-21-24-18-16-23(17-19-24)20-28(31-29(32)34-22-25-10-4-1-5-11-25)37(33,35-26-12-6-2-7-13-26)36-27-14-8-3-9-15-27/h1-19,28H,20,22H2,(H,31,32). The number of nitriles is 1. The number of nitrogens with zero attached hydrogens (tertiary/aromatic N) is 1. The second-order valence-corrected chi connectivity index (χ2v) is 10.2. The third kappa shape index (κ3) is 7.47. The Labute approximate surface area is 215 Å². The molecule has 37 heavy (non-hydrogen) atoms. The smallest absolute Gasteiger partial charge is 0.445 e. The van der Waals surface area contributed by atoms with E-state index in [1.807, 2.05) is 42.5 Å². The first-order valence-electron chi connectivity index (χ1n) is 11.6. The number of rotatable bonds is 10. The van der Waals surface area contributed by atoms with Gasteiger partial charge in [0.1, 0.15) is 18.1 Å². The SMILES string of the molecule is N#Cc1ccc(CC(NC(=O)OCc2ccccc2)P(=O)(Oc2ccccc2)Oc2ccccc2)cc1. The summed E-state index contributed by atoms with van der Waals surface area (Å²) in [7, 11) is -4.08. The van der Waals surface area contributed by atoms with Gasteiger partial charge in [0.05, 0.1) is 11.6 Å². The molecular formula is C29H25N2O5P. The summed E-state index contributed by atoms with van der Waals surface area (Å²) in [5, 5.41) is 11.8. The van der Waals surface area contributed by atoms with Crippen LogP contribution in [0, 0.1) is 11.3 Å². The predicted molar refractivity (Wildman–Crippen MR) is 140 cm³/mol. The highest BCUT2D eigenvalue weighted by Crippen LogP contribution is 2.53. The number of hydrogen-bond donors (Lipinski definition) is 1. The van der Waals surface area contributed by atoms with Gasteiger partial charge in [0.25, 0.3) is 0 Å². The molecule has 0 saturated heterocycles. The minimum absolute atomic E-state index is 0.0413. The van der Waals surface area contributed by atoms with E-state index in [9.17, 15) is 9.36 Å². The van der Waals surface area contributed by atoms with Crippen LogP contribution in [0.2, 0.25) is 0 Å². The second-order valence-electron chi connectivity index (χ2n) is 8.08. The minimum atomic E-state index is -4.08. The van der Waals surface area contributed by atoms with Crippen molar-refractivity contribution in [3.05, 3.63) is 132 Å². The Morgan fingerprint density at radius 1 is 0.757 bits per heavy atom. The van der Waals surface area contributed by atoms with Gasteiger partial charge in [-0.25, -0.2) is 9.36 Å². The maximum atomic E-state index is 14.4. The zero-order valence-corrected chi connectivity index (χ0v) is 20.8. The zero-order valence-electron chi connectivity index (χ0n) is 19.9. The van der Waals surface area contributed by atoms with Crippen LogP contribution in [0.25, 0.3) is 0 Å². The summed E-state index contributed by atoms with van der Waals surface area (Å²) in [4.78, 5) is 12.9. The Bertz CT molecular complexity index is 1330. The minimum Gasteiger partial charge on any atom is -0.445 e. The highest BCUT2D eigenvalue weighted by Gasteiger charge is 2.41. The highest BCUT2D eigenvalue weighted by molar-refractivity contribution is 7.55. The lowest BCUT2D eigenvalue weighted by atomic mass is 10.1. The number of benzene rings is 4. The first kappa shape index (κ1) is 25.6. The zero-order chi connectivity index (χ0) is 25.9. The van der Waals surface area contributed by atoms with E-state index in [-0.39, 0.29) is 13.0 Å². The van der Waals surface area contributed by atoms with Crippen molar-refractivity contribution < 1.29 is 23.1 Å². The van der Waals surface area contributed by atoms with Crippen LogP contribution >= 0.6 is 7.60 Å². The van der Waals surface area contributed by atoms with Crippen LogP contribution in [0.1, 0.15) is 16.7 Å². The quantitative estimate of drug-likeness (QED) is 0.237. The number of carbonyl (C=O) groups is 1. The number of hydrogen-bond acceptors (Lipinski definition) is 6. The molecule has 8 heteroatoms. The van der Waals surface area contributed by atoms with Gasteiger partial charge in [0, 0.05) is 6.42 Å². The summed E-state index contributed by atoms with van der Waals surface area (Å²) in [5.41, 5.74) is 2.02. The summed E-state index contributed by atoms with van der Waals surface area (Å²) in [6, 6.07) is 35.3. The summed E-state index contributed by atoms with van der Waals surface area (Å²) in [6.07, 6.45) is -0.667. The molecule has 0 aromatic heterocycles. The average molecular weight is 513 g/mol. The third-order valence-corrected chi connectivity index (χ3v) is 7.35. The van der Waals surface area contributed by atoms with Gasteiger partial charge in [-0.1, -0.05) is 78.9 Å². The van der Waals surface area contributed by atoms with Crippen LogP contribution in [0.15, 0.2) is 115 Å². The summed E-state index contributed by atoms with van der Waals surface area (Å²) in [5.74, 6) is -0.457. The van der Waals surface area contributed by atoms with Crippen molar-refractivity contribution >= 4 is 13.7 Å². The fourth-order valence-corrected chi connectivity index (χ4v) is 5.30. The third-order valence-electron chi connectivity index (χ3n) is 5.34. The fraction of sp³-hybridized carbons (Fsp3) is 0.103. The Morgan fingerprint density at radius 2 is 1.27 bits per heavy atom. The van der Waals surface area contributed by atoms with Gasteiger partial charge < -0.3 is 19.1 Å². The first-order chi connectivity index (χ1) is 18.0. The van der Waals surface area contributed by atoms with Crippen LogP contribution in [-0.4, -0.2) is 11.9 Å². The van der Waals surface area contributed by atoms with Crippen molar-refractivity contribution in [3.63, 3.8) is 0 Å². The molecule has 0 bridgehead atoms. The molecule has 7 nitrogen and oxygen atoms in total. The van der Waals surface area contributed by atoms with Gasteiger partial charge in [-0.15, -0.1) is 0 Å². The van der Waals surface area contributed by atoms with Crippen molar-refractivity contribution in [2.75, 3.05) is 0 Å². The molecule has 0 heterocycles. The number of alkyl carbamates (subject to hydrolysis) is 1. The van der Waals surface area contributed by atoms with Gasteiger partial charge in [-0.05, 0) is 47.5 Å². The maximum absolute atomic E-state index is 14.4. The summed E-state index contributed by atoms with van der Waals surface area (Å²) >= 11 is 0. The van der Waals surface area contributed by atoms with E-state index in [0.717, 1.165) is 11.1 Å². The van der Waals surface area contributed by atoms with Crippen LogP contribution in [-0.2, 0) is 22.3 Å². The number of para-hydroxylation sites is 2. The lowest BCUT2D eigenvalue weighted by molar-refractivity contribution is 0.137. The van der Waals surface area contributed by atoms with Crippen LogP contribution in [0.5, 0.6) is 11.5 Å². The van der Waals surface area contributed by atoms with Crippen LogP contribution in [0.4, 0.5) is 4.79 Å². The van der Waals surface area contributed by atoms with E-state index >= 15 is 0 Å². The van der Waals surface area contributed by atoms with E-state index in [2.05, 4.69) is 11.4 Å². The molecule has 4 aromatic rings. The van der Waals surface area contributed by atoms with Crippen molar-refractivity contribution in [2.45, 2.75) is 18.8 Å². The van der Waals surface area contributed by atoms with E-state index < -0.39 is 19.5 Å². The fourth-order valence-electron chi connectivity index (χ4n) is 3.48. The molecule has 1 amide bonds. The van der Waals surface area contributed by atoms with Crippen LogP contribution in [0.3, 0.4) is 0 Å². The number of nitrogens with one attached hydrogen (secondary N) is 1. The van der Waals surface area contributed by atoms with Gasteiger partial charge in [0.2, 0.25) is 0 Å². The molecular weight excluding hydrogens is 487 g/mol. The Hall–Kier alpha value is -4.53. The van der Waals surface area contributed by atoms with Crippen molar-refractivity contribution in [1.29, 1.82) is 5.26 Å². The average Bonchev–Trinajstić information content (AvgIpc) is 2.93. The van der Waals surface area contributed by atoms with Crippen molar-refractivity contribution in [2.24, 2.45) is 0 Å². The molecule has 1 N–H and O–H groups in total. The summed E-state index contributed by atoms with van der Waals surface area (Å²) in [6.45, 7) is 0.0413. The monoisotopic (exact) mass is 512 g/mol. The predicted octanol–water partition coefficient (Wildman–Crippen LogP) is 6.70. The van der Waals surface area contributed by atoms with Gasteiger partial charge in [-0.2, -0.15) is 5.26 Å². The number of ether oxygens (including phenoxy) is 1. The van der Waals surface area contributed by atoms with Gasteiger partial charge >= 0.3 is 13.7 Å². The molecule has 0 aliphatic rings. The molecule has 1 atom stereocenters. The van der Waals surface area contributed by atoms with Crippen molar-refractivity contribution in [3.8, 4) is 17.6 Å². The molecule has 4 aromatic carbocycles. The number of amides is 1. The van der Waals surface area contributed by atoms with Crippen molar-refractivity contribution in [1.82, 2.24) is 5.32 Å². The highest BCUT2D eigenvalue weighted by atomic mass is 31.2. The van der Waals surface area contributed by atoms with Gasteiger partial charge in [-0.3, -0.25) is 0 Å². The largest absolute Gasteiger partial charge is 0.453 e. The Morgan fingerprint density at radius 3 is 1.78 bits per heavy atom. The lowest BCUT2D eigenvalue weighted by Gasteiger charge is -2.28. The second kappa shape index (κ2) is 12.4. The topological polar surface area (TPSA) is 97.7 Å². The molecule has 0 spiro atoms. The van der Waals surface area contributed by atoms with Crippen LogP contribution < -0.4 is 14.4 Å². The molecule has 0 saturated carbocycles. The van der Waals surface area contributed by atoms with E-state index in [0.29, 0.717) is 17.1 Å². The normalized spacial score (nSPS) is 11.5. The molecule has 0 aliphatic heterocycles. The number of carbonyl (C=O) groups excluding carboxylic acids is 1. The lowest BCUT2D eigenvalue weighted by Crippen LogP contribution is -2.39. The van der Waals surface area contributed by atoms with E-state index in [1.165, 1.54) is 0 Å². The van der Waals surface area contributed by atoms with Gasteiger partial charge in [0.15, 0.2) is 5.78 Å². The molecule has 186 valence electrons. The summed E-state index contributed by atoms with van der Waals surface area (Å²) < 4.78 is 31.7. The van der Waals surface area contributed by atoms with E-state index in [1.54, 1.807) is 72.8 Å². The molecule has 0 aliphatic carbocycles. The Kier molecular flexibility index (Phi) is 8.59. The molecule has 0 fully saturated rings.